The zero-order chi connectivity index (χ0) is 16.4. The molecule has 0 spiro atoms. The highest BCUT2D eigenvalue weighted by Crippen LogP contribution is 2.34. The van der Waals surface area contributed by atoms with Crippen molar-refractivity contribution in [3.05, 3.63) is 64.8 Å². The third-order valence-electron chi connectivity index (χ3n) is 4.50. The van der Waals surface area contributed by atoms with Crippen molar-refractivity contribution < 1.29 is 4.79 Å². The fourth-order valence-corrected chi connectivity index (χ4v) is 3.09. The average Bonchev–Trinajstić information content (AvgIpc) is 2.76. The van der Waals surface area contributed by atoms with E-state index in [1.165, 1.54) is 0 Å². The molecule has 0 saturated heterocycles. The van der Waals surface area contributed by atoms with E-state index in [0.717, 1.165) is 28.7 Å². The van der Waals surface area contributed by atoms with E-state index in [1.54, 1.807) is 6.21 Å². The van der Waals surface area contributed by atoms with Crippen molar-refractivity contribution in [2.75, 3.05) is 5.73 Å². The number of hydrogen-bond donors (Lipinski definition) is 2. The summed E-state index contributed by atoms with van der Waals surface area (Å²) in [6, 6.07) is 5.73. The molecule has 1 amide bonds. The van der Waals surface area contributed by atoms with Gasteiger partial charge in [-0.2, -0.15) is 0 Å². The van der Waals surface area contributed by atoms with Gasteiger partial charge in [0.25, 0.3) is 0 Å². The Bertz CT molecular complexity index is 771. The molecular formula is C19H21N3O. The largest absolute Gasteiger partial charge is 0.399 e. The molecule has 4 nitrogen and oxygen atoms in total. The number of nitrogen functional groups attached to an aromatic ring is 1. The molecule has 0 heterocycles. The summed E-state index contributed by atoms with van der Waals surface area (Å²) in [7, 11) is 0. The Kier molecular flexibility index (Phi) is 3.90. The SMILES string of the molecule is CC1=C(C=NC2(C(N)=O)Cc3ccc(N)cc3C2)C=CCC=C1. The number of primary amides is 1. The van der Waals surface area contributed by atoms with Crippen molar-refractivity contribution in [2.45, 2.75) is 31.7 Å². The Morgan fingerprint density at radius 3 is 2.74 bits per heavy atom. The van der Waals surface area contributed by atoms with Gasteiger partial charge in [-0.25, -0.2) is 0 Å². The molecule has 23 heavy (non-hydrogen) atoms. The number of nitrogens with zero attached hydrogens (tertiary/aromatic N) is 1. The van der Waals surface area contributed by atoms with Gasteiger partial charge in [-0.1, -0.05) is 30.4 Å². The summed E-state index contributed by atoms with van der Waals surface area (Å²) in [4.78, 5) is 16.8. The van der Waals surface area contributed by atoms with E-state index in [2.05, 4.69) is 23.2 Å². The molecule has 118 valence electrons. The third-order valence-corrected chi connectivity index (χ3v) is 4.50. The molecule has 3 rings (SSSR count). The van der Waals surface area contributed by atoms with E-state index < -0.39 is 11.4 Å². The number of fused-ring (bicyclic) bond motifs is 1. The molecule has 2 aliphatic rings. The van der Waals surface area contributed by atoms with Gasteiger partial charge in [0.1, 0.15) is 5.54 Å². The summed E-state index contributed by atoms with van der Waals surface area (Å²) in [6.45, 7) is 2.04. The molecule has 1 aromatic carbocycles. The quantitative estimate of drug-likeness (QED) is 0.664. The highest BCUT2D eigenvalue weighted by molar-refractivity contribution is 5.92. The molecule has 0 radical (unpaired) electrons. The molecule has 4 heteroatoms. The fourth-order valence-electron chi connectivity index (χ4n) is 3.09. The minimum Gasteiger partial charge on any atom is -0.399 e. The van der Waals surface area contributed by atoms with Crippen LogP contribution in [0.25, 0.3) is 0 Å². The van der Waals surface area contributed by atoms with E-state index in [4.69, 9.17) is 11.5 Å². The van der Waals surface area contributed by atoms with Crippen molar-refractivity contribution in [3.8, 4) is 0 Å². The zero-order valence-corrected chi connectivity index (χ0v) is 13.3. The lowest BCUT2D eigenvalue weighted by molar-refractivity contribution is -0.122. The van der Waals surface area contributed by atoms with Crippen molar-refractivity contribution in [2.24, 2.45) is 10.7 Å². The average molecular weight is 307 g/mol. The lowest BCUT2D eigenvalue weighted by Gasteiger charge is -2.20. The molecule has 0 bridgehead atoms. The number of benzene rings is 1. The zero-order valence-electron chi connectivity index (χ0n) is 13.3. The Labute approximate surface area is 136 Å². The van der Waals surface area contributed by atoms with Crippen LogP contribution in [0.5, 0.6) is 0 Å². The predicted molar refractivity (Wildman–Crippen MR) is 94.3 cm³/mol. The summed E-state index contributed by atoms with van der Waals surface area (Å²) in [6.07, 6.45) is 12.0. The van der Waals surface area contributed by atoms with Gasteiger partial charge in [0.15, 0.2) is 0 Å². The number of hydrogen-bond acceptors (Lipinski definition) is 3. The van der Waals surface area contributed by atoms with Crippen LogP contribution in [0.1, 0.15) is 24.5 Å². The highest BCUT2D eigenvalue weighted by Gasteiger charge is 2.42. The van der Waals surface area contributed by atoms with E-state index in [1.807, 2.05) is 31.2 Å². The first kappa shape index (κ1) is 15.3. The first-order valence-electron chi connectivity index (χ1n) is 7.76. The second-order valence-electron chi connectivity index (χ2n) is 6.21. The number of carbonyl (C=O) groups excluding carboxylic acids is 1. The first-order valence-corrected chi connectivity index (χ1v) is 7.76. The van der Waals surface area contributed by atoms with Crippen molar-refractivity contribution >= 4 is 17.8 Å². The maximum Gasteiger partial charge on any atom is 0.246 e. The molecule has 0 aromatic heterocycles. The highest BCUT2D eigenvalue weighted by atomic mass is 16.1. The maximum atomic E-state index is 12.1. The summed E-state index contributed by atoms with van der Waals surface area (Å²) in [5.74, 6) is -0.394. The van der Waals surface area contributed by atoms with E-state index in [0.29, 0.717) is 18.5 Å². The van der Waals surface area contributed by atoms with Crippen LogP contribution in [0.3, 0.4) is 0 Å². The van der Waals surface area contributed by atoms with E-state index in [-0.39, 0.29) is 0 Å². The maximum absolute atomic E-state index is 12.1. The summed E-state index contributed by atoms with van der Waals surface area (Å²) in [5, 5.41) is 0. The normalized spacial score (nSPS) is 23.3. The Hall–Kier alpha value is -2.62. The Balaban J connectivity index is 1.94. The molecule has 2 aliphatic carbocycles. The Morgan fingerprint density at radius 2 is 1.96 bits per heavy atom. The molecule has 4 N–H and O–H groups in total. The van der Waals surface area contributed by atoms with Gasteiger partial charge in [-0.3, -0.25) is 9.79 Å². The predicted octanol–water partition coefficient (Wildman–Crippen LogP) is 2.49. The van der Waals surface area contributed by atoms with Crippen LogP contribution in [0.15, 0.2) is 58.6 Å². The molecule has 1 aromatic rings. The van der Waals surface area contributed by atoms with Gasteiger partial charge in [0.2, 0.25) is 5.91 Å². The number of carbonyl (C=O) groups is 1. The molecule has 0 aliphatic heterocycles. The molecule has 0 fully saturated rings. The van der Waals surface area contributed by atoms with Crippen LogP contribution >= 0.6 is 0 Å². The topological polar surface area (TPSA) is 81.5 Å². The molecule has 1 unspecified atom stereocenters. The van der Waals surface area contributed by atoms with Crippen molar-refractivity contribution in [3.63, 3.8) is 0 Å². The summed E-state index contributed by atoms with van der Waals surface area (Å²) >= 11 is 0. The second-order valence-corrected chi connectivity index (χ2v) is 6.21. The molecule has 0 saturated carbocycles. The fraction of sp³-hybridized carbons (Fsp3) is 0.263. The van der Waals surface area contributed by atoms with Gasteiger partial charge in [0, 0.05) is 24.7 Å². The lowest BCUT2D eigenvalue weighted by Crippen LogP contribution is -2.43. The number of anilines is 1. The van der Waals surface area contributed by atoms with Gasteiger partial charge in [0.05, 0.1) is 0 Å². The monoisotopic (exact) mass is 307 g/mol. The van der Waals surface area contributed by atoms with Crippen LogP contribution in [-0.4, -0.2) is 17.7 Å². The van der Waals surface area contributed by atoms with Crippen LogP contribution in [0.2, 0.25) is 0 Å². The number of nitrogens with two attached hydrogens (primary N) is 2. The summed E-state index contributed by atoms with van der Waals surface area (Å²) in [5.41, 5.74) is 15.6. The van der Waals surface area contributed by atoms with Gasteiger partial charge >= 0.3 is 0 Å². The van der Waals surface area contributed by atoms with Crippen LogP contribution in [-0.2, 0) is 17.6 Å². The molecule has 1 atom stereocenters. The number of aliphatic imine (C=N–C) groups is 1. The van der Waals surface area contributed by atoms with E-state index >= 15 is 0 Å². The van der Waals surface area contributed by atoms with Crippen molar-refractivity contribution in [1.29, 1.82) is 0 Å². The van der Waals surface area contributed by atoms with Crippen LogP contribution in [0, 0.1) is 0 Å². The smallest absolute Gasteiger partial charge is 0.246 e. The standard InChI is InChI=1S/C19H21N3O/c1-13-5-3-2-4-6-15(13)12-22-19(18(21)23)10-14-7-8-17(20)9-16(14)11-19/h3-9,12H,2,10-11,20H2,1H3,(H2,21,23). The number of rotatable bonds is 3. The van der Waals surface area contributed by atoms with Gasteiger partial charge in [-0.05, 0) is 47.8 Å². The second kappa shape index (κ2) is 5.88. The van der Waals surface area contributed by atoms with Crippen molar-refractivity contribution in [1.82, 2.24) is 0 Å². The minimum atomic E-state index is -0.909. The van der Waals surface area contributed by atoms with Crippen LogP contribution < -0.4 is 11.5 Å². The minimum absolute atomic E-state index is 0.394. The number of allylic oxidation sites excluding steroid dienone is 6. The molecular weight excluding hydrogens is 286 g/mol. The van der Waals surface area contributed by atoms with E-state index in [9.17, 15) is 4.79 Å². The Morgan fingerprint density at radius 1 is 1.22 bits per heavy atom. The first-order chi connectivity index (χ1) is 11.0. The summed E-state index contributed by atoms with van der Waals surface area (Å²) < 4.78 is 0. The van der Waals surface area contributed by atoms with Crippen LogP contribution in [0.4, 0.5) is 5.69 Å². The third kappa shape index (κ3) is 2.97. The van der Waals surface area contributed by atoms with Gasteiger partial charge < -0.3 is 11.5 Å². The lowest BCUT2D eigenvalue weighted by atomic mass is 9.95. The number of amides is 1. The van der Waals surface area contributed by atoms with Gasteiger partial charge in [-0.15, -0.1) is 0 Å².